The minimum absolute atomic E-state index is 0.00459. The van der Waals surface area contributed by atoms with Crippen LogP contribution in [0.1, 0.15) is 20.8 Å². The van der Waals surface area contributed by atoms with Crippen molar-refractivity contribution in [2.45, 2.75) is 26.0 Å². The third-order valence-electron chi connectivity index (χ3n) is 1.30. The average Bonchev–Trinajstić information content (AvgIpc) is 1.98. The Morgan fingerprint density at radius 3 is 2.55 bits per heavy atom. The molecule has 64 valence electrons. The summed E-state index contributed by atoms with van der Waals surface area (Å²) in [7, 11) is -0.827. The second kappa shape index (κ2) is 5.24. The zero-order chi connectivity index (χ0) is 8.85. The van der Waals surface area contributed by atoms with Crippen LogP contribution < -0.4 is 0 Å². The smallest absolute Gasteiger partial charge is 0.152 e. The van der Waals surface area contributed by atoms with Crippen LogP contribution in [-0.2, 0) is 15.6 Å². The molecule has 0 aliphatic heterocycles. The largest absolute Gasteiger partial charge is 0.295 e. The van der Waals surface area contributed by atoms with Crippen LogP contribution in [0.2, 0.25) is 0 Å². The summed E-state index contributed by atoms with van der Waals surface area (Å²) < 4.78 is 11.1. The standard InChI is InChI=1S/C8H14O2S/c1-4-11(10)8(3)6-5-7(2)9/h5-6,8H,4H2,1-3H3. The molecule has 3 heteroatoms. The third-order valence-corrected chi connectivity index (χ3v) is 2.86. The molecule has 0 aromatic rings. The molecule has 0 aromatic heterocycles. The van der Waals surface area contributed by atoms with Gasteiger partial charge in [0.15, 0.2) is 5.78 Å². The molecule has 0 aliphatic rings. The van der Waals surface area contributed by atoms with Crippen LogP contribution in [0.4, 0.5) is 0 Å². The van der Waals surface area contributed by atoms with Gasteiger partial charge in [-0.05, 0) is 19.9 Å². The van der Waals surface area contributed by atoms with E-state index < -0.39 is 10.8 Å². The van der Waals surface area contributed by atoms with Crippen LogP contribution >= 0.6 is 0 Å². The van der Waals surface area contributed by atoms with Gasteiger partial charge in [0, 0.05) is 16.6 Å². The Bertz CT molecular complexity index is 185. The van der Waals surface area contributed by atoms with Crippen molar-refractivity contribution in [3.63, 3.8) is 0 Å². The van der Waals surface area contributed by atoms with Crippen LogP contribution in [-0.4, -0.2) is 21.0 Å². The van der Waals surface area contributed by atoms with Crippen LogP contribution in [0.3, 0.4) is 0 Å². The van der Waals surface area contributed by atoms with Gasteiger partial charge in [0.25, 0.3) is 0 Å². The number of carbonyl (C=O) groups excluding carboxylic acids is 1. The summed E-state index contributed by atoms with van der Waals surface area (Å²) in [6, 6.07) is 0. The van der Waals surface area contributed by atoms with Gasteiger partial charge >= 0.3 is 0 Å². The van der Waals surface area contributed by atoms with Gasteiger partial charge in [-0.3, -0.25) is 9.00 Å². The molecule has 0 spiro atoms. The van der Waals surface area contributed by atoms with E-state index in [2.05, 4.69) is 0 Å². The fourth-order valence-electron chi connectivity index (χ4n) is 0.622. The second-order valence-electron chi connectivity index (χ2n) is 2.34. The van der Waals surface area contributed by atoms with Gasteiger partial charge in [0.05, 0.1) is 5.25 Å². The Kier molecular flexibility index (Phi) is 5.03. The zero-order valence-electron chi connectivity index (χ0n) is 7.16. The number of hydrogen-bond donors (Lipinski definition) is 0. The van der Waals surface area contributed by atoms with E-state index >= 15 is 0 Å². The number of hydrogen-bond acceptors (Lipinski definition) is 2. The maximum atomic E-state index is 11.1. The summed E-state index contributed by atoms with van der Waals surface area (Å²) in [5.74, 6) is 0.647. The first-order valence-electron chi connectivity index (χ1n) is 3.63. The average molecular weight is 174 g/mol. The van der Waals surface area contributed by atoms with E-state index in [1.807, 2.05) is 13.8 Å². The van der Waals surface area contributed by atoms with Gasteiger partial charge in [-0.1, -0.05) is 13.0 Å². The summed E-state index contributed by atoms with van der Waals surface area (Å²) in [6.07, 6.45) is 3.17. The van der Waals surface area contributed by atoms with E-state index in [0.717, 1.165) is 0 Å². The lowest BCUT2D eigenvalue weighted by Crippen LogP contribution is -2.09. The molecule has 0 aliphatic carbocycles. The lowest BCUT2D eigenvalue weighted by molar-refractivity contribution is -0.112. The van der Waals surface area contributed by atoms with Crippen molar-refractivity contribution in [3.05, 3.63) is 12.2 Å². The fourth-order valence-corrected chi connectivity index (χ4v) is 1.40. The van der Waals surface area contributed by atoms with Crippen molar-refractivity contribution in [1.29, 1.82) is 0 Å². The molecule has 0 saturated carbocycles. The summed E-state index contributed by atoms with van der Waals surface area (Å²) >= 11 is 0. The molecule has 0 aromatic carbocycles. The van der Waals surface area contributed by atoms with E-state index in [1.54, 1.807) is 6.08 Å². The highest BCUT2D eigenvalue weighted by molar-refractivity contribution is 7.85. The van der Waals surface area contributed by atoms with Crippen molar-refractivity contribution >= 4 is 16.6 Å². The first-order chi connectivity index (χ1) is 5.07. The fraction of sp³-hybridized carbons (Fsp3) is 0.625. The second-order valence-corrected chi connectivity index (χ2v) is 4.43. The molecule has 0 N–H and O–H groups in total. The van der Waals surface area contributed by atoms with Gasteiger partial charge in [0.1, 0.15) is 0 Å². The van der Waals surface area contributed by atoms with Gasteiger partial charge in [-0.25, -0.2) is 0 Å². The first kappa shape index (κ1) is 10.6. The molecule has 0 rings (SSSR count). The number of allylic oxidation sites excluding steroid dienone is 1. The van der Waals surface area contributed by atoms with E-state index in [-0.39, 0.29) is 11.0 Å². The molecule has 2 unspecified atom stereocenters. The lowest BCUT2D eigenvalue weighted by Gasteiger charge is -2.01. The highest BCUT2D eigenvalue weighted by Crippen LogP contribution is 1.97. The van der Waals surface area contributed by atoms with Crippen molar-refractivity contribution in [2.24, 2.45) is 0 Å². The predicted molar refractivity (Wildman–Crippen MR) is 48.0 cm³/mol. The maximum absolute atomic E-state index is 11.1. The minimum Gasteiger partial charge on any atom is -0.295 e. The van der Waals surface area contributed by atoms with Gasteiger partial charge in [-0.15, -0.1) is 0 Å². The summed E-state index contributed by atoms with van der Waals surface area (Å²) in [5.41, 5.74) is 0. The normalized spacial score (nSPS) is 16.6. The Morgan fingerprint density at radius 2 is 2.18 bits per heavy atom. The minimum atomic E-state index is -0.827. The predicted octanol–water partition coefficient (Wildman–Crippen LogP) is 1.29. The van der Waals surface area contributed by atoms with Crippen molar-refractivity contribution in [3.8, 4) is 0 Å². The Morgan fingerprint density at radius 1 is 1.64 bits per heavy atom. The highest BCUT2D eigenvalue weighted by atomic mass is 32.2. The summed E-state index contributed by atoms with van der Waals surface area (Å²) in [6.45, 7) is 5.20. The van der Waals surface area contributed by atoms with E-state index in [4.69, 9.17) is 0 Å². The Hall–Kier alpha value is -0.440. The first-order valence-corrected chi connectivity index (χ1v) is 5.02. The molecule has 0 amide bonds. The van der Waals surface area contributed by atoms with Crippen molar-refractivity contribution in [1.82, 2.24) is 0 Å². The van der Waals surface area contributed by atoms with Crippen LogP contribution in [0.5, 0.6) is 0 Å². The van der Waals surface area contributed by atoms with Crippen LogP contribution in [0.15, 0.2) is 12.2 Å². The molecule has 0 fully saturated rings. The Balaban J connectivity index is 3.95. The summed E-state index contributed by atoms with van der Waals surface area (Å²) in [5, 5.41) is -0.0103. The molecular formula is C8H14O2S. The van der Waals surface area contributed by atoms with Gasteiger partial charge in [0.2, 0.25) is 0 Å². The molecule has 2 nitrogen and oxygen atoms in total. The molecule has 0 radical (unpaired) electrons. The van der Waals surface area contributed by atoms with Crippen LogP contribution in [0.25, 0.3) is 0 Å². The molecule has 2 atom stereocenters. The SMILES string of the molecule is CCS(=O)C(C)C=CC(C)=O. The number of rotatable bonds is 4. The maximum Gasteiger partial charge on any atom is 0.152 e. The third kappa shape index (κ3) is 4.90. The molecule has 0 saturated heterocycles. The van der Waals surface area contributed by atoms with E-state index in [0.29, 0.717) is 5.75 Å². The number of carbonyl (C=O) groups is 1. The van der Waals surface area contributed by atoms with Gasteiger partial charge < -0.3 is 0 Å². The Labute approximate surface area is 70.1 Å². The topological polar surface area (TPSA) is 34.1 Å². The summed E-state index contributed by atoms with van der Waals surface area (Å²) in [4.78, 5) is 10.5. The van der Waals surface area contributed by atoms with Crippen LogP contribution in [0, 0.1) is 0 Å². The molecular weight excluding hydrogens is 160 g/mol. The van der Waals surface area contributed by atoms with Crippen molar-refractivity contribution in [2.75, 3.05) is 5.75 Å². The lowest BCUT2D eigenvalue weighted by atomic mass is 10.3. The zero-order valence-corrected chi connectivity index (χ0v) is 7.98. The van der Waals surface area contributed by atoms with Crippen molar-refractivity contribution < 1.29 is 9.00 Å². The van der Waals surface area contributed by atoms with Gasteiger partial charge in [-0.2, -0.15) is 0 Å². The molecule has 11 heavy (non-hydrogen) atoms. The molecule has 0 heterocycles. The molecule has 0 bridgehead atoms. The van der Waals surface area contributed by atoms with E-state index in [9.17, 15) is 9.00 Å². The monoisotopic (exact) mass is 174 g/mol. The number of ketones is 1. The van der Waals surface area contributed by atoms with E-state index in [1.165, 1.54) is 13.0 Å². The quantitative estimate of drug-likeness (QED) is 0.602. The highest BCUT2D eigenvalue weighted by Gasteiger charge is 2.03.